The fourth-order valence-corrected chi connectivity index (χ4v) is 4.05. The van der Waals surface area contributed by atoms with E-state index in [9.17, 15) is 27.9 Å². The number of nitrogens with one attached hydrogen (secondary N) is 1. The van der Waals surface area contributed by atoms with E-state index in [0.717, 1.165) is 16.7 Å². The van der Waals surface area contributed by atoms with E-state index in [1.54, 1.807) is 35.2 Å². The number of nitrogens with zero attached hydrogens (tertiary/aromatic N) is 1. The minimum absolute atomic E-state index is 0.0210. The van der Waals surface area contributed by atoms with Crippen molar-refractivity contribution >= 4 is 23.6 Å². The summed E-state index contributed by atoms with van der Waals surface area (Å²) in [6.07, 6.45) is -6.07. The highest BCUT2D eigenvalue weighted by atomic mass is 19.4. The number of alkyl halides is 3. The van der Waals surface area contributed by atoms with Gasteiger partial charge in [0.2, 0.25) is 0 Å². The maximum atomic E-state index is 13.3. The summed E-state index contributed by atoms with van der Waals surface area (Å²) in [5.41, 5.74) is 2.76. The van der Waals surface area contributed by atoms with Gasteiger partial charge in [0.05, 0.1) is 6.54 Å². The Morgan fingerprint density at radius 1 is 0.976 bits per heavy atom. The molecule has 1 aliphatic heterocycles. The Kier molecular flexibility index (Phi) is 9.53. The number of ketones is 1. The number of hydrogen-bond donors (Lipinski definition) is 4. The monoisotopic (exact) mass is 580 g/mol. The Labute approximate surface area is 236 Å². The molecule has 41 heavy (non-hydrogen) atoms. The average molecular weight is 581 g/mol. The van der Waals surface area contributed by atoms with Crippen LogP contribution in [0.3, 0.4) is 0 Å². The number of hydrogen-bond acceptors (Lipinski definition) is 6. The molecule has 4 N–H and O–H groups in total. The second-order valence-corrected chi connectivity index (χ2v) is 11.8. The number of Topliss-reactive ketones (excluding diaryl/α,β-unsaturated/α-hetero) is 1. The molecule has 9 nitrogen and oxygen atoms in total. The number of rotatable bonds is 6. The first-order valence-electron chi connectivity index (χ1n) is 12.6. The van der Waals surface area contributed by atoms with Gasteiger partial charge in [-0.2, -0.15) is 13.2 Å². The summed E-state index contributed by atoms with van der Waals surface area (Å²) < 4.78 is 37.2. The van der Waals surface area contributed by atoms with Crippen LogP contribution in [0.25, 0.3) is 0 Å². The molecular formula is C29H35F3N2O7. The van der Waals surface area contributed by atoms with Gasteiger partial charge >= 0.3 is 18.1 Å². The van der Waals surface area contributed by atoms with Crippen molar-refractivity contribution in [2.75, 3.05) is 6.54 Å². The number of carboxylic acids is 2. The van der Waals surface area contributed by atoms with Gasteiger partial charge in [-0.15, -0.1) is 0 Å². The van der Waals surface area contributed by atoms with Crippen LogP contribution in [0.5, 0.6) is 11.5 Å². The molecule has 0 aliphatic carbocycles. The van der Waals surface area contributed by atoms with Crippen molar-refractivity contribution < 1.29 is 47.6 Å². The molecule has 0 saturated carbocycles. The van der Waals surface area contributed by atoms with Crippen LogP contribution < -0.4 is 4.74 Å². The molecule has 1 atom stereocenters. The first kappa shape index (κ1) is 33.1. The van der Waals surface area contributed by atoms with Crippen molar-refractivity contribution in [3.8, 4) is 11.5 Å². The van der Waals surface area contributed by atoms with E-state index < -0.39 is 24.2 Å². The van der Waals surface area contributed by atoms with Gasteiger partial charge in [-0.05, 0) is 53.6 Å². The maximum Gasteiger partial charge on any atom is 0.490 e. The molecular weight excluding hydrogens is 545 g/mol. The minimum atomic E-state index is -5.08. The molecule has 12 heteroatoms. The second kappa shape index (κ2) is 11.8. The van der Waals surface area contributed by atoms with Crippen LogP contribution in [-0.4, -0.2) is 62.6 Å². The lowest BCUT2D eigenvalue weighted by molar-refractivity contribution is -0.192. The fourth-order valence-electron chi connectivity index (χ4n) is 4.05. The second-order valence-electron chi connectivity index (χ2n) is 11.8. The van der Waals surface area contributed by atoms with E-state index in [1.165, 1.54) is 6.92 Å². The highest BCUT2D eigenvalue weighted by Gasteiger charge is 2.38. The number of halogens is 3. The average Bonchev–Trinajstić information content (AvgIpc) is 3.11. The summed E-state index contributed by atoms with van der Waals surface area (Å²) in [7, 11) is 0. The van der Waals surface area contributed by atoms with Gasteiger partial charge in [-0.3, -0.25) is 10.2 Å². The van der Waals surface area contributed by atoms with E-state index in [4.69, 9.17) is 25.2 Å². The van der Waals surface area contributed by atoms with Crippen LogP contribution in [-0.2, 0) is 27.0 Å². The zero-order valence-electron chi connectivity index (χ0n) is 23.9. The van der Waals surface area contributed by atoms with E-state index in [-0.39, 0.29) is 34.7 Å². The third kappa shape index (κ3) is 8.21. The van der Waals surface area contributed by atoms with Crippen molar-refractivity contribution in [2.45, 2.75) is 78.1 Å². The number of carbonyl (C=O) groups is 3. The molecule has 0 aromatic heterocycles. The van der Waals surface area contributed by atoms with Gasteiger partial charge in [-0.1, -0.05) is 41.5 Å². The molecule has 2 aromatic rings. The van der Waals surface area contributed by atoms with Crippen molar-refractivity contribution in [2.24, 2.45) is 0 Å². The van der Waals surface area contributed by atoms with Gasteiger partial charge in [-0.25, -0.2) is 9.59 Å². The SMILES string of the molecule is CC(Oc1ccc2c(c1)CN(CC(=O)c1cc(C(C)(C)C)c(O)c(C(C)(C)C)c1)C2=N)C(=O)O.O=C(O)C(F)(F)F. The molecule has 0 bridgehead atoms. The number of benzene rings is 2. The van der Waals surface area contributed by atoms with Gasteiger partial charge in [0, 0.05) is 28.8 Å². The summed E-state index contributed by atoms with van der Waals surface area (Å²) in [4.78, 5) is 35.0. The van der Waals surface area contributed by atoms with Crippen LogP contribution in [0.2, 0.25) is 0 Å². The molecule has 0 radical (unpaired) electrons. The molecule has 2 aromatic carbocycles. The van der Waals surface area contributed by atoms with E-state index >= 15 is 0 Å². The van der Waals surface area contributed by atoms with Crippen LogP contribution >= 0.6 is 0 Å². The smallest absolute Gasteiger partial charge is 0.490 e. The number of ether oxygens (including phenoxy) is 1. The zero-order valence-corrected chi connectivity index (χ0v) is 23.9. The topological polar surface area (TPSA) is 148 Å². The number of phenolic OH excluding ortho intramolecular Hbond substituents is 1. The Hall–Kier alpha value is -4.09. The van der Waals surface area contributed by atoms with E-state index in [1.807, 2.05) is 41.5 Å². The number of fused-ring (bicyclic) bond motifs is 1. The molecule has 1 unspecified atom stereocenters. The van der Waals surface area contributed by atoms with Gasteiger partial charge in [0.25, 0.3) is 0 Å². The van der Waals surface area contributed by atoms with E-state index in [0.29, 0.717) is 23.4 Å². The van der Waals surface area contributed by atoms with Crippen LogP contribution in [0.1, 0.15) is 81.1 Å². The fraction of sp³-hybridized carbons (Fsp3) is 0.448. The largest absolute Gasteiger partial charge is 0.507 e. The lowest BCUT2D eigenvalue weighted by Crippen LogP contribution is -2.30. The van der Waals surface area contributed by atoms with Crippen molar-refractivity contribution in [3.05, 3.63) is 58.1 Å². The number of phenols is 1. The quantitative estimate of drug-likeness (QED) is 0.328. The highest BCUT2D eigenvalue weighted by molar-refractivity contribution is 6.05. The third-order valence-electron chi connectivity index (χ3n) is 6.29. The predicted molar refractivity (Wildman–Crippen MR) is 145 cm³/mol. The van der Waals surface area contributed by atoms with Gasteiger partial charge in [0.15, 0.2) is 11.9 Å². The van der Waals surface area contributed by atoms with Crippen molar-refractivity contribution in [1.82, 2.24) is 4.90 Å². The van der Waals surface area contributed by atoms with Gasteiger partial charge < -0.3 is 25.0 Å². The number of carboxylic acid groups (broad SMARTS) is 2. The molecule has 0 saturated heterocycles. The van der Waals surface area contributed by atoms with Crippen molar-refractivity contribution in [3.63, 3.8) is 0 Å². The first-order chi connectivity index (χ1) is 18.5. The molecule has 3 rings (SSSR count). The van der Waals surface area contributed by atoms with Crippen LogP contribution in [0.4, 0.5) is 13.2 Å². The standard InChI is InChI=1S/C27H34N2O5.C2HF3O2/c1-15(25(32)33)34-18-8-9-19-17(10-18)13-29(24(19)28)14-22(30)16-11-20(26(2,3)4)23(31)21(12-16)27(5,6)7;3-2(4,5)1(6)7/h8-12,15,28,31H,13-14H2,1-7H3,(H,32,33);(H,6,7). The van der Waals surface area contributed by atoms with Crippen molar-refractivity contribution in [1.29, 1.82) is 5.41 Å². The predicted octanol–water partition coefficient (Wildman–Crippen LogP) is 5.50. The third-order valence-corrected chi connectivity index (χ3v) is 6.29. The maximum absolute atomic E-state index is 13.3. The zero-order chi connectivity index (χ0) is 31.7. The summed E-state index contributed by atoms with van der Waals surface area (Å²) in [6, 6.07) is 8.62. The van der Waals surface area contributed by atoms with Crippen LogP contribution in [0.15, 0.2) is 30.3 Å². The minimum Gasteiger partial charge on any atom is -0.507 e. The molecule has 1 aliphatic rings. The molecule has 0 amide bonds. The Balaban J connectivity index is 0.000000745. The number of amidine groups is 1. The molecule has 0 spiro atoms. The normalized spacial score (nSPS) is 14.1. The lowest BCUT2D eigenvalue weighted by Gasteiger charge is -2.28. The van der Waals surface area contributed by atoms with Gasteiger partial charge in [0.1, 0.15) is 17.3 Å². The molecule has 224 valence electrons. The van der Waals surface area contributed by atoms with Crippen LogP contribution in [0, 0.1) is 5.41 Å². The first-order valence-corrected chi connectivity index (χ1v) is 12.6. The number of aromatic hydroxyl groups is 1. The van der Waals surface area contributed by atoms with E-state index in [2.05, 4.69) is 0 Å². The molecule has 1 heterocycles. The summed E-state index contributed by atoms with van der Waals surface area (Å²) in [5, 5.41) is 35.7. The summed E-state index contributed by atoms with van der Waals surface area (Å²) in [5.74, 6) is -3.07. The molecule has 0 fully saturated rings. The Morgan fingerprint density at radius 2 is 1.46 bits per heavy atom. The number of carbonyl (C=O) groups excluding carboxylic acids is 1. The Bertz CT molecular complexity index is 1320. The summed E-state index contributed by atoms with van der Waals surface area (Å²) in [6.45, 7) is 13.8. The summed E-state index contributed by atoms with van der Waals surface area (Å²) >= 11 is 0. The Morgan fingerprint density at radius 3 is 1.88 bits per heavy atom. The number of aliphatic carboxylic acids is 2. The highest BCUT2D eigenvalue weighted by Crippen LogP contribution is 2.40. The lowest BCUT2D eigenvalue weighted by atomic mass is 9.78.